The van der Waals surface area contributed by atoms with Crippen molar-refractivity contribution in [2.24, 2.45) is 4.99 Å². The number of aliphatic imine (C=N–C) groups is 1. The van der Waals surface area contributed by atoms with E-state index in [0.717, 1.165) is 0 Å². The van der Waals surface area contributed by atoms with E-state index in [1.54, 1.807) is 6.08 Å². The van der Waals surface area contributed by atoms with Gasteiger partial charge in [-0.15, -0.1) is 0 Å². The fourth-order valence-electron chi connectivity index (χ4n) is 1.12. The van der Waals surface area contributed by atoms with E-state index in [4.69, 9.17) is 19.5 Å². The summed E-state index contributed by atoms with van der Waals surface area (Å²) in [6, 6.07) is 0. The average Bonchev–Trinajstić information content (AvgIpc) is 2.16. The Balaban J connectivity index is 2.75. The molecule has 13 heavy (non-hydrogen) atoms. The van der Waals surface area contributed by atoms with Crippen molar-refractivity contribution in [3.63, 3.8) is 0 Å². The third-order valence-electron chi connectivity index (χ3n) is 1.82. The van der Waals surface area contributed by atoms with E-state index in [1.165, 1.54) is 14.2 Å². The number of hydrogen-bond donors (Lipinski definition) is 2. The average molecular weight is 185 g/mol. The lowest BCUT2D eigenvalue weighted by atomic mass is 9.76. The Morgan fingerprint density at radius 1 is 1.54 bits per heavy atom. The molecule has 1 heterocycles. The predicted octanol–water partition coefficient (Wildman–Crippen LogP) is -0.654. The summed E-state index contributed by atoms with van der Waals surface area (Å²) in [6.07, 6.45) is 1.46. The molecule has 1 unspecified atom stereocenters. The van der Waals surface area contributed by atoms with E-state index < -0.39 is 13.3 Å². The molecule has 0 spiro atoms. The van der Waals surface area contributed by atoms with Crippen LogP contribution in [0.3, 0.4) is 0 Å². The summed E-state index contributed by atoms with van der Waals surface area (Å²) in [5, 5.41) is 17.9. The highest BCUT2D eigenvalue weighted by molar-refractivity contribution is 6.51. The molecule has 5 nitrogen and oxygen atoms in total. The van der Waals surface area contributed by atoms with Crippen molar-refractivity contribution in [1.29, 1.82) is 0 Å². The van der Waals surface area contributed by atoms with Gasteiger partial charge < -0.3 is 19.5 Å². The first kappa shape index (κ1) is 10.2. The third-order valence-corrected chi connectivity index (χ3v) is 1.82. The van der Waals surface area contributed by atoms with Crippen molar-refractivity contribution in [3.8, 4) is 0 Å². The van der Waals surface area contributed by atoms with Gasteiger partial charge in [-0.2, -0.15) is 0 Å². The van der Waals surface area contributed by atoms with Crippen LogP contribution in [0.5, 0.6) is 0 Å². The maximum Gasteiger partial charge on any atom is 0.488 e. The summed E-state index contributed by atoms with van der Waals surface area (Å²) in [5.41, 5.74) is 0.350. The monoisotopic (exact) mass is 185 g/mol. The molecule has 1 aliphatic heterocycles. The van der Waals surface area contributed by atoms with Gasteiger partial charge in [0.1, 0.15) is 0 Å². The number of methoxy groups -OCH3 is 2. The minimum absolute atomic E-state index is 0.350. The van der Waals surface area contributed by atoms with Crippen molar-refractivity contribution in [3.05, 3.63) is 11.5 Å². The van der Waals surface area contributed by atoms with E-state index in [2.05, 4.69) is 4.99 Å². The summed E-state index contributed by atoms with van der Waals surface area (Å²) in [5.74, 6) is 0.524. The van der Waals surface area contributed by atoms with Crippen molar-refractivity contribution < 1.29 is 19.5 Å². The second-order valence-electron chi connectivity index (χ2n) is 2.60. The Morgan fingerprint density at radius 3 is 2.69 bits per heavy atom. The van der Waals surface area contributed by atoms with Gasteiger partial charge in [0, 0.05) is 19.0 Å². The van der Waals surface area contributed by atoms with Gasteiger partial charge in [-0.1, -0.05) is 6.08 Å². The first-order valence-electron chi connectivity index (χ1n) is 3.88. The molecule has 72 valence electrons. The van der Waals surface area contributed by atoms with Gasteiger partial charge in [0.05, 0.1) is 7.11 Å². The van der Waals surface area contributed by atoms with Crippen LogP contribution in [0, 0.1) is 0 Å². The van der Waals surface area contributed by atoms with E-state index in [1.807, 2.05) is 0 Å². The molecular formula is C7H12BNO4. The Morgan fingerprint density at radius 2 is 2.23 bits per heavy atom. The van der Waals surface area contributed by atoms with Gasteiger partial charge in [-0.3, -0.25) is 0 Å². The van der Waals surface area contributed by atoms with Gasteiger partial charge in [0.2, 0.25) is 0 Å². The zero-order valence-corrected chi connectivity index (χ0v) is 7.60. The molecule has 1 rings (SSSR count). The zero-order valence-electron chi connectivity index (χ0n) is 7.60. The Bertz CT molecular complexity index is 239. The lowest BCUT2D eigenvalue weighted by Gasteiger charge is -2.19. The molecule has 0 aromatic heterocycles. The zero-order chi connectivity index (χ0) is 9.84. The second kappa shape index (κ2) is 4.41. The minimum Gasteiger partial charge on any atom is -0.484 e. The topological polar surface area (TPSA) is 71.3 Å². The van der Waals surface area contributed by atoms with Crippen LogP contribution in [0.25, 0.3) is 0 Å². The van der Waals surface area contributed by atoms with Crippen LogP contribution < -0.4 is 0 Å². The van der Waals surface area contributed by atoms with Crippen LogP contribution in [0.15, 0.2) is 16.5 Å². The Hall–Kier alpha value is -0.845. The fourth-order valence-corrected chi connectivity index (χ4v) is 1.12. The van der Waals surface area contributed by atoms with Gasteiger partial charge in [-0.05, 0) is 0 Å². The van der Waals surface area contributed by atoms with E-state index in [0.29, 0.717) is 17.8 Å². The number of hydrogen-bond acceptors (Lipinski definition) is 5. The first-order chi connectivity index (χ1) is 6.19. The first-order valence-corrected chi connectivity index (χ1v) is 3.88. The molecule has 0 radical (unpaired) electrons. The van der Waals surface area contributed by atoms with Gasteiger partial charge in [-0.25, -0.2) is 4.99 Å². The quantitative estimate of drug-likeness (QED) is 0.560. The fraction of sp³-hybridized carbons (Fsp3) is 0.571. The summed E-state index contributed by atoms with van der Waals surface area (Å²) < 4.78 is 9.85. The van der Waals surface area contributed by atoms with E-state index in [-0.39, 0.29) is 0 Å². The molecule has 0 aliphatic carbocycles. The van der Waals surface area contributed by atoms with Crippen LogP contribution in [0.4, 0.5) is 0 Å². The van der Waals surface area contributed by atoms with Crippen molar-refractivity contribution in [2.45, 2.75) is 12.6 Å². The molecule has 2 N–H and O–H groups in total. The number of rotatable bonds is 2. The number of nitrogens with zero attached hydrogens (tertiary/aromatic N) is 1. The highest BCUT2D eigenvalue weighted by Crippen LogP contribution is 2.16. The van der Waals surface area contributed by atoms with Gasteiger partial charge in [0.15, 0.2) is 12.1 Å². The van der Waals surface area contributed by atoms with Crippen molar-refractivity contribution in [2.75, 3.05) is 14.2 Å². The largest absolute Gasteiger partial charge is 0.488 e. The van der Waals surface area contributed by atoms with Crippen LogP contribution in [-0.2, 0) is 9.47 Å². The van der Waals surface area contributed by atoms with Gasteiger partial charge >= 0.3 is 7.12 Å². The highest BCUT2D eigenvalue weighted by Gasteiger charge is 2.27. The summed E-state index contributed by atoms with van der Waals surface area (Å²) in [6.45, 7) is 0. The smallest absolute Gasteiger partial charge is 0.484 e. The SMILES string of the molecule is COC1=NC(OC)C(B(O)O)=CC1. The van der Waals surface area contributed by atoms with Crippen molar-refractivity contribution >= 4 is 13.0 Å². The molecule has 0 aromatic carbocycles. The summed E-state index contributed by atoms with van der Waals surface area (Å²) in [7, 11) is 1.44. The lowest BCUT2D eigenvalue weighted by molar-refractivity contribution is 0.136. The molecule has 1 atom stereocenters. The van der Waals surface area contributed by atoms with Crippen LogP contribution in [0.2, 0.25) is 0 Å². The van der Waals surface area contributed by atoms with Crippen LogP contribution in [0.1, 0.15) is 6.42 Å². The molecule has 0 aromatic rings. The van der Waals surface area contributed by atoms with Gasteiger partial charge in [0.25, 0.3) is 0 Å². The Labute approximate surface area is 76.8 Å². The maximum atomic E-state index is 8.93. The lowest BCUT2D eigenvalue weighted by Crippen LogP contribution is -2.30. The molecular weight excluding hydrogens is 173 g/mol. The van der Waals surface area contributed by atoms with E-state index >= 15 is 0 Å². The normalized spacial score (nSPS) is 22.0. The van der Waals surface area contributed by atoms with Crippen LogP contribution in [-0.4, -0.2) is 43.5 Å². The molecule has 0 saturated heterocycles. The number of dihydropyridines is 1. The number of ether oxygens (including phenoxy) is 2. The highest BCUT2D eigenvalue weighted by atomic mass is 16.5. The Kier molecular flexibility index (Phi) is 3.47. The molecule has 6 heteroatoms. The molecule has 0 bridgehead atoms. The molecule has 1 aliphatic rings. The standard InChI is InChI=1S/C7H12BNO4/c1-12-6-4-3-5(8(10)11)7(9-6)13-2/h3,7,10-11H,4H2,1-2H3. The molecule has 0 amide bonds. The summed E-state index contributed by atoms with van der Waals surface area (Å²) >= 11 is 0. The third kappa shape index (κ3) is 2.30. The molecule has 0 saturated carbocycles. The maximum absolute atomic E-state index is 8.93. The minimum atomic E-state index is -1.52. The second-order valence-corrected chi connectivity index (χ2v) is 2.60. The van der Waals surface area contributed by atoms with Crippen LogP contribution >= 0.6 is 0 Å². The molecule has 0 fully saturated rings. The van der Waals surface area contributed by atoms with Crippen molar-refractivity contribution in [1.82, 2.24) is 0 Å². The van der Waals surface area contributed by atoms with E-state index in [9.17, 15) is 0 Å². The predicted molar refractivity (Wildman–Crippen MR) is 48.1 cm³/mol. The summed E-state index contributed by atoms with van der Waals surface area (Å²) in [4.78, 5) is 4.01.